The van der Waals surface area contributed by atoms with Crippen LogP contribution >= 0.6 is 0 Å². The standard InChI is InChI=1S/C16H22F2N2O3/c1-22-13-5-2-10(8-14(13)23-16(17)18)6-7-20-15(21)11-3-4-12(19)9-11/h2,5,8,11-12,16H,3-4,6-7,9,19H2,1H3,(H,20,21). The Morgan fingerprint density at radius 3 is 2.78 bits per heavy atom. The maximum absolute atomic E-state index is 12.4. The van der Waals surface area contributed by atoms with Gasteiger partial charge in [0.2, 0.25) is 5.91 Å². The second kappa shape index (κ2) is 8.10. The van der Waals surface area contributed by atoms with Gasteiger partial charge >= 0.3 is 6.61 Å². The van der Waals surface area contributed by atoms with E-state index < -0.39 is 6.61 Å². The van der Waals surface area contributed by atoms with Crippen LogP contribution in [-0.4, -0.2) is 32.2 Å². The summed E-state index contributed by atoms with van der Waals surface area (Å²) < 4.78 is 34.2. The van der Waals surface area contributed by atoms with Gasteiger partial charge in [0, 0.05) is 18.5 Å². The number of alkyl halides is 2. The van der Waals surface area contributed by atoms with Crippen LogP contribution in [0, 0.1) is 5.92 Å². The summed E-state index contributed by atoms with van der Waals surface area (Å²) in [5.41, 5.74) is 6.58. The Kier molecular flexibility index (Phi) is 6.15. The molecule has 1 amide bonds. The highest BCUT2D eigenvalue weighted by molar-refractivity contribution is 5.79. The Hall–Kier alpha value is -1.89. The third kappa shape index (κ3) is 5.06. The molecule has 0 aliphatic heterocycles. The molecule has 3 N–H and O–H groups in total. The molecule has 0 radical (unpaired) electrons. The molecule has 0 spiro atoms. The van der Waals surface area contributed by atoms with Gasteiger partial charge in [-0.25, -0.2) is 0 Å². The summed E-state index contributed by atoms with van der Waals surface area (Å²) in [6.45, 7) is -2.48. The molecule has 0 heterocycles. The predicted octanol–water partition coefficient (Wildman–Crippen LogP) is 2.08. The van der Waals surface area contributed by atoms with Gasteiger partial charge in [-0.1, -0.05) is 6.07 Å². The summed E-state index contributed by atoms with van der Waals surface area (Å²) in [6.07, 6.45) is 2.95. The normalized spacial score (nSPS) is 20.6. The van der Waals surface area contributed by atoms with Gasteiger partial charge < -0.3 is 20.5 Å². The molecule has 1 aromatic rings. The van der Waals surface area contributed by atoms with Crippen molar-refractivity contribution in [2.75, 3.05) is 13.7 Å². The number of ether oxygens (including phenoxy) is 2. The zero-order valence-electron chi connectivity index (χ0n) is 13.1. The fourth-order valence-electron chi connectivity index (χ4n) is 2.79. The Bertz CT molecular complexity index is 540. The number of benzene rings is 1. The summed E-state index contributed by atoms with van der Waals surface area (Å²) in [6, 6.07) is 4.95. The predicted molar refractivity (Wildman–Crippen MR) is 81.7 cm³/mol. The molecule has 1 fully saturated rings. The molecule has 0 saturated heterocycles. The van der Waals surface area contributed by atoms with Crippen molar-refractivity contribution in [3.63, 3.8) is 0 Å². The number of nitrogens with one attached hydrogen (secondary N) is 1. The summed E-state index contributed by atoms with van der Waals surface area (Å²) in [4.78, 5) is 12.0. The fraction of sp³-hybridized carbons (Fsp3) is 0.562. The molecule has 1 aliphatic rings. The van der Waals surface area contributed by atoms with Gasteiger partial charge in [0.1, 0.15) is 0 Å². The van der Waals surface area contributed by atoms with Gasteiger partial charge in [-0.3, -0.25) is 4.79 Å². The van der Waals surface area contributed by atoms with Crippen LogP contribution in [0.2, 0.25) is 0 Å². The smallest absolute Gasteiger partial charge is 0.387 e. The highest BCUT2D eigenvalue weighted by Gasteiger charge is 2.27. The minimum absolute atomic E-state index is 0.00640. The van der Waals surface area contributed by atoms with Crippen molar-refractivity contribution in [1.82, 2.24) is 5.32 Å². The number of halogens is 2. The van der Waals surface area contributed by atoms with E-state index in [1.807, 2.05) is 0 Å². The molecular weight excluding hydrogens is 306 g/mol. The van der Waals surface area contributed by atoms with Gasteiger partial charge in [0.25, 0.3) is 0 Å². The third-order valence-corrected chi connectivity index (χ3v) is 4.00. The Balaban J connectivity index is 1.86. The molecule has 5 nitrogen and oxygen atoms in total. The molecular formula is C16H22F2N2O3. The van der Waals surface area contributed by atoms with E-state index in [-0.39, 0.29) is 29.4 Å². The number of carbonyl (C=O) groups excluding carboxylic acids is 1. The Labute approximate surface area is 134 Å². The van der Waals surface area contributed by atoms with Gasteiger partial charge in [0.15, 0.2) is 11.5 Å². The van der Waals surface area contributed by atoms with E-state index in [4.69, 9.17) is 10.5 Å². The van der Waals surface area contributed by atoms with Crippen molar-refractivity contribution in [3.8, 4) is 11.5 Å². The number of rotatable bonds is 7. The lowest BCUT2D eigenvalue weighted by molar-refractivity contribution is -0.124. The lowest BCUT2D eigenvalue weighted by Crippen LogP contribution is -2.31. The van der Waals surface area contributed by atoms with Crippen molar-refractivity contribution in [1.29, 1.82) is 0 Å². The second-order valence-electron chi connectivity index (χ2n) is 5.67. The van der Waals surface area contributed by atoms with Crippen molar-refractivity contribution < 1.29 is 23.0 Å². The molecule has 7 heteroatoms. The van der Waals surface area contributed by atoms with Crippen LogP contribution in [0.3, 0.4) is 0 Å². The van der Waals surface area contributed by atoms with Crippen LogP contribution < -0.4 is 20.5 Å². The lowest BCUT2D eigenvalue weighted by atomic mass is 10.1. The summed E-state index contributed by atoms with van der Waals surface area (Å²) in [5, 5.41) is 2.87. The molecule has 1 aromatic carbocycles. The van der Waals surface area contributed by atoms with Crippen LogP contribution in [0.15, 0.2) is 18.2 Å². The number of hydrogen-bond donors (Lipinski definition) is 2. The second-order valence-corrected chi connectivity index (χ2v) is 5.67. The molecule has 2 rings (SSSR count). The van der Waals surface area contributed by atoms with E-state index in [2.05, 4.69) is 10.1 Å². The van der Waals surface area contributed by atoms with Crippen LogP contribution in [0.4, 0.5) is 8.78 Å². The number of amides is 1. The number of nitrogens with two attached hydrogens (primary N) is 1. The molecule has 2 atom stereocenters. The fourth-order valence-corrected chi connectivity index (χ4v) is 2.79. The van der Waals surface area contributed by atoms with E-state index >= 15 is 0 Å². The van der Waals surface area contributed by atoms with Gasteiger partial charge in [-0.2, -0.15) is 8.78 Å². The van der Waals surface area contributed by atoms with Gasteiger partial charge in [-0.05, 0) is 43.4 Å². The molecule has 1 saturated carbocycles. The van der Waals surface area contributed by atoms with Crippen molar-refractivity contribution in [2.45, 2.75) is 38.3 Å². The van der Waals surface area contributed by atoms with Crippen LogP contribution in [0.1, 0.15) is 24.8 Å². The van der Waals surface area contributed by atoms with Crippen molar-refractivity contribution >= 4 is 5.91 Å². The molecule has 1 aliphatic carbocycles. The topological polar surface area (TPSA) is 73.6 Å². The first-order valence-electron chi connectivity index (χ1n) is 7.64. The van der Waals surface area contributed by atoms with Gasteiger partial charge in [-0.15, -0.1) is 0 Å². The number of hydrogen-bond acceptors (Lipinski definition) is 4. The number of methoxy groups -OCH3 is 1. The minimum Gasteiger partial charge on any atom is -0.493 e. The molecule has 0 aromatic heterocycles. The molecule has 0 bridgehead atoms. The highest BCUT2D eigenvalue weighted by Crippen LogP contribution is 2.29. The highest BCUT2D eigenvalue weighted by atomic mass is 19.3. The average Bonchev–Trinajstić information content (AvgIpc) is 2.93. The maximum atomic E-state index is 12.4. The van der Waals surface area contributed by atoms with E-state index in [1.165, 1.54) is 13.2 Å². The van der Waals surface area contributed by atoms with E-state index in [0.717, 1.165) is 24.8 Å². The maximum Gasteiger partial charge on any atom is 0.387 e. The minimum atomic E-state index is -2.91. The average molecular weight is 328 g/mol. The monoisotopic (exact) mass is 328 g/mol. The SMILES string of the molecule is COc1ccc(CCNC(=O)C2CCC(N)C2)cc1OC(F)F. The molecule has 23 heavy (non-hydrogen) atoms. The van der Waals surface area contributed by atoms with Crippen molar-refractivity contribution in [2.24, 2.45) is 11.7 Å². The quantitative estimate of drug-likeness (QED) is 0.804. The third-order valence-electron chi connectivity index (χ3n) is 4.00. The lowest BCUT2D eigenvalue weighted by Gasteiger charge is -2.13. The molecule has 2 unspecified atom stereocenters. The summed E-state index contributed by atoms with van der Waals surface area (Å²) in [5.74, 6) is 0.236. The zero-order chi connectivity index (χ0) is 16.8. The van der Waals surface area contributed by atoms with E-state index in [9.17, 15) is 13.6 Å². The van der Waals surface area contributed by atoms with Crippen LogP contribution in [0.5, 0.6) is 11.5 Å². The Morgan fingerprint density at radius 1 is 1.39 bits per heavy atom. The molecule has 128 valence electrons. The number of carbonyl (C=O) groups is 1. The Morgan fingerprint density at radius 2 is 2.17 bits per heavy atom. The van der Waals surface area contributed by atoms with E-state index in [1.54, 1.807) is 12.1 Å². The first kappa shape index (κ1) is 17.5. The van der Waals surface area contributed by atoms with Crippen LogP contribution in [-0.2, 0) is 11.2 Å². The van der Waals surface area contributed by atoms with Crippen molar-refractivity contribution in [3.05, 3.63) is 23.8 Å². The van der Waals surface area contributed by atoms with E-state index in [0.29, 0.717) is 13.0 Å². The van der Waals surface area contributed by atoms with Crippen LogP contribution in [0.25, 0.3) is 0 Å². The summed E-state index contributed by atoms with van der Waals surface area (Å²) in [7, 11) is 1.39. The van der Waals surface area contributed by atoms with Gasteiger partial charge in [0.05, 0.1) is 7.11 Å². The largest absolute Gasteiger partial charge is 0.493 e. The first-order valence-corrected chi connectivity index (χ1v) is 7.64. The zero-order valence-corrected chi connectivity index (χ0v) is 13.1. The first-order chi connectivity index (χ1) is 11.0. The summed E-state index contributed by atoms with van der Waals surface area (Å²) >= 11 is 0.